The lowest BCUT2D eigenvalue weighted by Gasteiger charge is -2.30. The van der Waals surface area contributed by atoms with E-state index in [1.807, 2.05) is 12.1 Å². The minimum absolute atomic E-state index is 0.143. The normalized spacial score (nSPS) is 16.1. The highest BCUT2D eigenvalue weighted by molar-refractivity contribution is 7.90. The quantitative estimate of drug-likeness (QED) is 0.656. The first kappa shape index (κ1) is 23.1. The predicted molar refractivity (Wildman–Crippen MR) is 107 cm³/mol. The number of carbonyl (C=O) groups is 1. The van der Waals surface area contributed by atoms with Crippen LogP contribution in [0.25, 0.3) is 11.1 Å². The van der Waals surface area contributed by atoms with Gasteiger partial charge in [-0.25, -0.2) is 13.2 Å². The number of benzene rings is 2. The Labute approximate surface area is 178 Å². The zero-order chi connectivity index (χ0) is 22.6. The lowest BCUT2D eigenvalue weighted by atomic mass is 9.99. The molecule has 0 atom stereocenters. The van der Waals surface area contributed by atoms with Crippen LogP contribution < -0.4 is 4.74 Å². The van der Waals surface area contributed by atoms with Gasteiger partial charge >= 0.3 is 12.1 Å². The molecule has 0 N–H and O–H groups in total. The highest BCUT2D eigenvalue weighted by atomic mass is 32.2. The van der Waals surface area contributed by atoms with Crippen LogP contribution in [0.15, 0.2) is 53.4 Å². The Balaban J connectivity index is 1.47. The number of hydrogen-bond acceptors (Lipinski definition) is 6. The van der Waals surface area contributed by atoms with Crippen molar-refractivity contribution in [2.24, 2.45) is 5.92 Å². The van der Waals surface area contributed by atoms with Crippen LogP contribution in [0.2, 0.25) is 0 Å². The van der Waals surface area contributed by atoms with Crippen molar-refractivity contribution < 1.29 is 36.0 Å². The largest absolute Gasteiger partial charge is 0.493 e. The Morgan fingerprint density at radius 2 is 1.52 bits per heavy atom. The second-order valence-corrected chi connectivity index (χ2v) is 9.40. The lowest BCUT2D eigenvalue weighted by molar-refractivity contribution is -0.242. The van der Waals surface area contributed by atoms with Gasteiger partial charge in [-0.3, -0.25) is 0 Å². The average Bonchev–Trinajstić information content (AvgIpc) is 2.72. The zero-order valence-corrected chi connectivity index (χ0v) is 17.6. The molecule has 168 valence electrons. The molecule has 1 saturated heterocycles. The van der Waals surface area contributed by atoms with Crippen LogP contribution in [0.1, 0.15) is 12.8 Å². The van der Waals surface area contributed by atoms with Crippen LogP contribution in [0.5, 0.6) is 5.75 Å². The molecule has 0 aliphatic carbocycles. The number of nitrogens with zero attached hydrogens (tertiary/aromatic N) is 1. The van der Waals surface area contributed by atoms with Gasteiger partial charge in [-0.15, -0.1) is 5.06 Å². The first-order valence-electron chi connectivity index (χ1n) is 9.60. The van der Waals surface area contributed by atoms with Gasteiger partial charge in [0.05, 0.1) is 11.5 Å². The fourth-order valence-corrected chi connectivity index (χ4v) is 3.82. The summed E-state index contributed by atoms with van der Waals surface area (Å²) in [7, 11) is -3.24. The summed E-state index contributed by atoms with van der Waals surface area (Å²) < 4.78 is 65.6. The molecule has 2 aromatic rings. The molecule has 1 aliphatic rings. The number of sulfone groups is 1. The number of ether oxygens (including phenoxy) is 1. The smallest absolute Gasteiger partial charge is 0.492 e. The van der Waals surface area contributed by atoms with Crippen molar-refractivity contribution >= 4 is 15.8 Å². The van der Waals surface area contributed by atoms with Crippen molar-refractivity contribution in [3.8, 4) is 16.9 Å². The molecule has 0 saturated carbocycles. The summed E-state index contributed by atoms with van der Waals surface area (Å²) in [4.78, 5) is 15.5. The maximum Gasteiger partial charge on any atom is 0.492 e. The highest BCUT2D eigenvalue weighted by Gasteiger charge is 2.43. The second-order valence-electron chi connectivity index (χ2n) is 7.38. The van der Waals surface area contributed by atoms with Gasteiger partial charge in [-0.1, -0.05) is 24.3 Å². The molecule has 1 aliphatic heterocycles. The van der Waals surface area contributed by atoms with Gasteiger partial charge in [0.15, 0.2) is 9.84 Å². The average molecular weight is 457 g/mol. The molecule has 6 nitrogen and oxygen atoms in total. The van der Waals surface area contributed by atoms with E-state index in [0.29, 0.717) is 25.2 Å². The summed E-state index contributed by atoms with van der Waals surface area (Å²) >= 11 is 0. The number of rotatable bonds is 6. The first-order chi connectivity index (χ1) is 14.5. The summed E-state index contributed by atoms with van der Waals surface area (Å²) in [5.74, 6) is -1.40. The summed E-state index contributed by atoms with van der Waals surface area (Å²) in [6.45, 7) is 0.847. The van der Waals surface area contributed by atoms with Gasteiger partial charge in [0.2, 0.25) is 0 Å². The number of hydrogen-bond donors (Lipinski definition) is 0. The topological polar surface area (TPSA) is 72.9 Å². The van der Waals surface area contributed by atoms with E-state index >= 15 is 0 Å². The Kier molecular flexibility index (Phi) is 6.90. The Morgan fingerprint density at radius 1 is 1.00 bits per heavy atom. The van der Waals surface area contributed by atoms with Crippen LogP contribution in [0.3, 0.4) is 0 Å². The molecule has 0 spiro atoms. The third-order valence-electron chi connectivity index (χ3n) is 4.97. The molecule has 10 heteroatoms. The van der Waals surface area contributed by atoms with Crippen molar-refractivity contribution in [2.75, 3.05) is 26.0 Å². The third-order valence-corrected chi connectivity index (χ3v) is 6.10. The molecular formula is C21H22F3NO5S. The molecule has 0 bridgehead atoms. The predicted octanol–water partition coefficient (Wildman–Crippen LogP) is 3.87. The molecule has 1 fully saturated rings. The first-order valence-corrected chi connectivity index (χ1v) is 11.5. The fourth-order valence-electron chi connectivity index (χ4n) is 3.19. The molecule has 31 heavy (non-hydrogen) atoms. The summed E-state index contributed by atoms with van der Waals surface area (Å²) in [5.41, 5.74) is 1.78. The minimum atomic E-state index is -5.00. The molecular weight excluding hydrogens is 435 g/mol. The molecule has 0 radical (unpaired) electrons. The van der Waals surface area contributed by atoms with Gasteiger partial charge in [0.1, 0.15) is 5.75 Å². The third kappa shape index (κ3) is 6.44. The SMILES string of the molecule is CS(=O)(=O)c1ccc(-c2ccc(OCC3CCN(OC(=O)C(F)(F)F)CC3)cc2)cc1. The van der Waals surface area contributed by atoms with Crippen LogP contribution in [0, 0.1) is 5.92 Å². The molecule has 1 heterocycles. The highest BCUT2D eigenvalue weighted by Crippen LogP contribution is 2.26. The summed E-state index contributed by atoms with van der Waals surface area (Å²) in [6, 6.07) is 14.0. The molecule has 2 aromatic carbocycles. The Hall–Kier alpha value is -2.59. The Bertz CT molecular complexity index is 997. The van der Waals surface area contributed by atoms with E-state index < -0.39 is 22.0 Å². The monoisotopic (exact) mass is 457 g/mol. The van der Waals surface area contributed by atoms with E-state index in [1.165, 1.54) is 0 Å². The molecule has 3 rings (SSSR count). The van der Waals surface area contributed by atoms with Crippen molar-refractivity contribution in [1.82, 2.24) is 5.06 Å². The van der Waals surface area contributed by atoms with Crippen LogP contribution >= 0.6 is 0 Å². The summed E-state index contributed by atoms with van der Waals surface area (Å²) in [5, 5.41) is 1.04. The molecule has 0 aromatic heterocycles. The van der Waals surface area contributed by atoms with Gasteiger partial charge in [-0.05, 0) is 54.2 Å². The minimum Gasteiger partial charge on any atom is -0.493 e. The standard InChI is InChI=1S/C21H22F3NO5S/c1-31(27,28)19-8-4-17(5-9-19)16-2-6-18(7-3-16)29-14-15-10-12-25(13-11-15)30-20(26)21(22,23)24/h2-9,15H,10-14H2,1H3. The van der Waals surface area contributed by atoms with Crippen molar-refractivity contribution in [2.45, 2.75) is 23.9 Å². The maximum absolute atomic E-state index is 12.2. The van der Waals surface area contributed by atoms with E-state index in [0.717, 1.165) is 22.4 Å². The van der Waals surface area contributed by atoms with Gasteiger partial charge in [-0.2, -0.15) is 13.2 Å². The van der Waals surface area contributed by atoms with Crippen LogP contribution in [0.4, 0.5) is 13.2 Å². The van der Waals surface area contributed by atoms with E-state index in [-0.39, 0.29) is 23.9 Å². The lowest BCUT2D eigenvalue weighted by Crippen LogP contribution is -2.40. The van der Waals surface area contributed by atoms with Crippen molar-refractivity contribution in [3.05, 3.63) is 48.5 Å². The zero-order valence-electron chi connectivity index (χ0n) is 16.8. The van der Waals surface area contributed by atoms with E-state index in [2.05, 4.69) is 4.84 Å². The number of hydroxylamine groups is 2. The van der Waals surface area contributed by atoms with Gasteiger partial charge < -0.3 is 9.57 Å². The fraction of sp³-hybridized carbons (Fsp3) is 0.381. The molecule has 0 amide bonds. The molecule has 0 unspecified atom stereocenters. The van der Waals surface area contributed by atoms with E-state index in [9.17, 15) is 26.4 Å². The van der Waals surface area contributed by atoms with Gasteiger partial charge in [0, 0.05) is 19.3 Å². The summed E-state index contributed by atoms with van der Waals surface area (Å²) in [6.07, 6.45) is -2.74. The van der Waals surface area contributed by atoms with Crippen LogP contribution in [-0.4, -0.2) is 51.6 Å². The van der Waals surface area contributed by atoms with Gasteiger partial charge in [0.25, 0.3) is 0 Å². The van der Waals surface area contributed by atoms with Crippen molar-refractivity contribution in [3.63, 3.8) is 0 Å². The maximum atomic E-state index is 12.2. The van der Waals surface area contributed by atoms with Crippen molar-refractivity contribution in [1.29, 1.82) is 0 Å². The number of alkyl halides is 3. The number of carbonyl (C=O) groups excluding carboxylic acids is 1. The number of piperidine rings is 1. The second kappa shape index (κ2) is 9.27. The van der Waals surface area contributed by atoms with E-state index in [1.54, 1.807) is 36.4 Å². The van der Waals surface area contributed by atoms with E-state index in [4.69, 9.17) is 4.74 Å². The number of halogens is 3. The van der Waals surface area contributed by atoms with Crippen LogP contribution in [-0.2, 0) is 19.5 Å². The Morgan fingerprint density at radius 3 is 2.00 bits per heavy atom.